The Morgan fingerprint density at radius 2 is 2.00 bits per heavy atom. The monoisotopic (exact) mass is 187 g/mol. The molecule has 0 amide bonds. The van der Waals surface area contributed by atoms with E-state index >= 15 is 0 Å². The van der Waals surface area contributed by atoms with Crippen molar-refractivity contribution in [1.82, 2.24) is 0 Å². The van der Waals surface area contributed by atoms with Crippen LogP contribution in [0.3, 0.4) is 0 Å². The van der Waals surface area contributed by atoms with E-state index in [1.54, 1.807) is 0 Å². The molecule has 2 nitrogen and oxygen atoms in total. The predicted molar refractivity (Wildman–Crippen MR) is 55.5 cm³/mol. The second-order valence-corrected chi connectivity index (χ2v) is 3.30. The summed E-state index contributed by atoms with van der Waals surface area (Å²) >= 11 is 0. The van der Waals surface area contributed by atoms with Gasteiger partial charge in [-0.15, -0.1) is 0 Å². The van der Waals surface area contributed by atoms with Crippen molar-refractivity contribution in [3.8, 4) is 0 Å². The van der Waals surface area contributed by atoms with Crippen molar-refractivity contribution in [2.24, 2.45) is 0 Å². The Hall–Kier alpha value is -0.0800. The minimum absolute atomic E-state index is 0.110. The van der Waals surface area contributed by atoms with Gasteiger partial charge in [-0.05, 0) is 33.1 Å². The molecule has 0 fully saturated rings. The highest BCUT2D eigenvalue weighted by molar-refractivity contribution is 4.52. The van der Waals surface area contributed by atoms with Gasteiger partial charge in [0.05, 0.1) is 6.10 Å². The summed E-state index contributed by atoms with van der Waals surface area (Å²) in [5, 5.41) is 0. The summed E-state index contributed by atoms with van der Waals surface area (Å²) in [5.41, 5.74) is 0. The summed E-state index contributed by atoms with van der Waals surface area (Å²) in [6.45, 7) is 10.9. The van der Waals surface area contributed by atoms with Crippen molar-refractivity contribution >= 4 is 0 Å². The molecule has 2 unspecified atom stereocenters. The average molecular weight is 187 g/mol. The van der Waals surface area contributed by atoms with Gasteiger partial charge in [0, 0.05) is 6.61 Å². The first kappa shape index (κ1) is 12.9. The first-order valence-corrected chi connectivity index (χ1v) is 5.30. The van der Waals surface area contributed by atoms with Crippen LogP contribution >= 0.6 is 0 Å². The molecule has 0 saturated heterocycles. The van der Waals surface area contributed by atoms with Crippen molar-refractivity contribution in [2.75, 3.05) is 6.61 Å². The molecule has 79 valence electrons. The van der Waals surface area contributed by atoms with E-state index in [2.05, 4.69) is 27.7 Å². The van der Waals surface area contributed by atoms with Crippen LogP contribution in [0.2, 0.25) is 0 Å². The Labute approximate surface area is 82.6 Å². The molecule has 0 aliphatic rings. The highest BCUT2D eigenvalue weighted by atomic mass is 16.7. The van der Waals surface area contributed by atoms with Crippen LogP contribution in [0.1, 0.15) is 46.5 Å². The molecule has 1 radical (unpaired) electrons. The first-order valence-electron chi connectivity index (χ1n) is 5.30. The highest BCUT2D eigenvalue weighted by Gasteiger charge is 2.09. The fourth-order valence-electron chi connectivity index (χ4n) is 0.905. The van der Waals surface area contributed by atoms with E-state index in [1.165, 1.54) is 0 Å². The first-order chi connectivity index (χ1) is 6.24. The van der Waals surface area contributed by atoms with Crippen LogP contribution in [0.25, 0.3) is 0 Å². The van der Waals surface area contributed by atoms with Crippen LogP contribution in [0.4, 0.5) is 0 Å². The number of unbranched alkanes of at least 4 members (excludes halogenated alkanes) is 1. The summed E-state index contributed by atoms with van der Waals surface area (Å²) in [5.74, 6) is 0. The number of hydrogen-bond acceptors (Lipinski definition) is 2. The fourth-order valence-corrected chi connectivity index (χ4v) is 0.905. The SMILES string of the molecule is [CH2]CC(OCCCC)OC(C)CC. The van der Waals surface area contributed by atoms with Gasteiger partial charge in [-0.1, -0.05) is 20.3 Å². The molecule has 0 aliphatic carbocycles. The van der Waals surface area contributed by atoms with Crippen molar-refractivity contribution < 1.29 is 9.47 Å². The second-order valence-electron chi connectivity index (χ2n) is 3.30. The Morgan fingerprint density at radius 1 is 1.31 bits per heavy atom. The summed E-state index contributed by atoms with van der Waals surface area (Å²) in [4.78, 5) is 0. The van der Waals surface area contributed by atoms with Crippen LogP contribution in [-0.2, 0) is 9.47 Å². The largest absolute Gasteiger partial charge is 0.353 e. The minimum atomic E-state index is -0.110. The normalized spacial score (nSPS) is 15.7. The summed E-state index contributed by atoms with van der Waals surface area (Å²) in [6.07, 6.45) is 4.13. The average Bonchev–Trinajstić information content (AvgIpc) is 2.16. The number of ether oxygens (including phenoxy) is 2. The Kier molecular flexibility index (Phi) is 8.46. The van der Waals surface area contributed by atoms with Gasteiger partial charge in [0.2, 0.25) is 0 Å². The maximum atomic E-state index is 5.61. The van der Waals surface area contributed by atoms with E-state index in [-0.39, 0.29) is 12.4 Å². The molecule has 13 heavy (non-hydrogen) atoms. The zero-order valence-corrected chi connectivity index (χ0v) is 9.21. The standard InChI is InChI=1S/C11H23O2/c1-5-8-9-12-11(7-3)13-10(4)6-2/h10-11H,3,5-9H2,1-2,4H3. The van der Waals surface area contributed by atoms with Gasteiger partial charge >= 0.3 is 0 Å². The number of rotatable bonds is 8. The summed E-state index contributed by atoms with van der Waals surface area (Å²) in [7, 11) is 0. The lowest BCUT2D eigenvalue weighted by atomic mass is 10.3. The second kappa shape index (κ2) is 8.52. The molecule has 2 heteroatoms. The van der Waals surface area contributed by atoms with E-state index in [9.17, 15) is 0 Å². The van der Waals surface area contributed by atoms with Crippen molar-refractivity contribution in [3.63, 3.8) is 0 Å². The highest BCUT2D eigenvalue weighted by Crippen LogP contribution is 2.07. The molecule has 0 aromatic rings. The topological polar surface area (TPSA) is 18.5 Å². The van der Waals surface area contributed by atoms with E-state index < -0.39 is 0 Å². The van der Waals surface area contributed by atoms with E-state index in [0.717, 1.165) is 25.9 Å². The fraction of sp³-hybridized carbons (Fsp3) is 0.909. The van der Waals surface area contributed by atoms with Gasteiger partial charge in [-0.25, -0.2) is 0 Å². The molecule has 0 aliphatic heterocycles. The zero-order valence-electron chi connectivity index (χ0n) is 9.21. The quantitative estimate of drug-likeness (QED) is 0.429. The van der Waals surface area contributed by atoms with Gasteiger partial charge in [0.15, 0.2) is 6.29 Å². The summed E-state index contributed by atoms with van der Waals surface area (Å²) in [6, 6.07) is 0. The van der Waals surface area contributed by atoms with Gasteiger partial charge in [0.25, 0.3) is 0 Å². The van der Waals surface area contributed by atoms with Crippen LogP contribution < -0.4 is 0 Å². The maximum absolute atomic E-state index is 5.61. The predicted octanol–water partition coefficient (Wildman–Crippen LogP) is 3.17. The smallest absolute Gasteiger partial charge is 0.157 e. The van der Waals surface area contributed by atoms with Crippen LogP contribution in [0.5, 0.6) is 0 Å². The molecule has 0 spiro atoms. The Balaban J connectivity index is 3.50. The van der Waals surface area contributed by atoms with Crippen molar-refractivity contribution in [3.05, 3.63) is 6.92 Å². The lowest BCUT2D eigenvalue weighted by Gasteiger charge is -2.20. The number of hydrogen-bond donors (Lipinski definition) is 0. The maximum Gasteiger partial charge on any atom is 0.157 e. The third-order valence-corrected chi connectivity index (χ3v) is 2.00. The van der Waals surface area contributed by atoms with Crippen molar-refractivity contribution in [1.29, 1.82) is 0 Å². The van der Waals surface area contributed by atoms with E-state index in [0.29, 0.717) is 6.42 Å². The molecule has 2 atom stereocenters. The van der Waals surface area contributed by atoms with E-state index in [4.69, 9.17) is 9.47 Å². The molecular weight excluding hydrogens is 164 g/mol. The molecule has 0 aromatic carbocycles. The Bertz CT molecular complexity index is 104. The summed E-state index contributed by atoms with van der Waals surface area (Å²) < 4.78 is 11.1. The lowest BCUT2D eigenvalue weighted by molar-refractivity contribution is -0.165. The minimum Gasteiger partial charge on any atom is -0.353 e. The zero-order chi connectivity index (χ0) is 10.1. The van der Waals surface area contributed by atoms with Crippen molar-refractivity contribution in [2.45, 2.75) is 58.8 Å². The lowest BCUT2D eigenvalue weighted by Crippen LogP contribution is -2.22. The molecule has 0 aromatic heterocycles. The Morgan fingerprint density at radius 3 is 2.46 bits per heavy atom. The molecular formula is C11H23O2. The van der Waals surface area contributed by atoms with Gasteiger partial charge < -0.3 is 9.47 Å². The molecule has 0 heterocycles. The van der Waals surface area contributed by atoms with Gasteiger partial charge in [-0.3, -0.25) is 0 Å². The third-order valence-electron chi connectivity index (χ3n) is 2.00. The van der Waals surface area contributed by atoms with Crippen LogP contribution in [0.15, 0.2) is 0 Å². The third kappa shape index (κ3) is 7.03. The molecule has 0 N–H and O–H groups in total. The molecule has 0 rings (SSSR count). The van der Waals surface area contributed by atoms with E-state index in [1.807, 2.05) is 0 Å². The van der Waals surface area contributed by atoms with Crippen LogP contribution in [0, 0.1) is 6.92 Å². The van der Waals surface area contributed by atoms with Crippen LogP contribution in [-0.4, -0.2) is 19.0 Å². The molecule has 0 saturated carbocycles. The van der Waals surface area contributed by atoms with Gasteiger partial charge in [0.1, 0.15) is 0 Å². The molecule has 0 bridgehead atoms. The van der Waals surface area contributed by atoms with Gasteiger partial charge in [-0.2, -0.15) is 0 Å².